The van der Waals surface area contributed by atoms with Gasteiger partial charge in [-0.3, -0.25) is 10.1 Å². The Balaban J connectivity index is 1.55. The van der Waals surface area contributed by atoms with Gasteiger partial charge >= 0.3 is 0 Å². The lowest BCUT2D eigenvalue weighted by atomic mass is 10.2. The van der Waals surface area contributed by atoms with Crippen LogP contribution in [0.3, 0.4) is 0 Å². The number of anilines is 1. The molecule has 0 saturated heterocycles. The fraction of sp³-hybridized carbons (Fsp3) is 0.167. The second-order valence-corrected chi connectivity index (χ2v) is 7.40. The highest BCUT2D eigenvalue weighted by Crippen LogP contribution is 2.28. The van der Waals surface area contributed by atoms with Crippen LogP contribution in [0.5, 0.6) is 5.75 Å². The molecule has 1 N–H and O–H groups in total. The molecule has 1 amide bonds. The Kier molecular flexibility index (Phi) is 6.19. The highest BCUT2D eigenvalue weighted by molar-refractivity contribution is 8.00. The third kappa shape index (κ3) is 5.03. The Bertz CT molecular complexity index is 867. The molecule has 3 rings (SSSR count). The first-order chi connectivity index (χ1) is 12.6. The van der Waals surface area contributed by atoms with Crippen LogP contribution in [0.2, 0.25) is 0 Å². The number of aromatic nitrogens is 2. The Hall–Kier alpha value is -2.45. The number of thioether (sulfide) groups is 1. The molecule has 134 valence electrons. The molecule has 0 unspecified atom stereocenters. The van der Waals surface area contributed by atoms with E-state index in [1.54, 1.807) is 36.4 Å². The Morgan fingerprint density at radius 3 is 2.58 bits per heavy atom. The Morgan fingerprint density at radius 1 is 1.15 bits per heavy atom. The van der Waals surface area contributed by atoms with Crippen molar-refractivity contribution in [2.24, 2.45) is 0 Å². The van der Waals surface area contributed by atoms with Crippen molar-refractivity contribution in [3.05, 3.63) is 65.5 Å². The predicted molar refractivity (Wildman–Crippen MR) is 101 cm³/mol. The van der Waals surface area contributed by atoms with Crippen LogP contribution in [-0.4, -0.2) is 22.7 Å². The number of nitrogens with one attached hydrogen (secondary N) is 1. The molecular weight excluding hydrogens is 373 g/mol. The van der Waals surface area contributed by atoms with Gasteiger partial charge in [0.1, 0.15) is 11.6 Å². The second-order valence-electron chi connectivity index (χ2n) is 5.20. The molecule has 0 atom stereocenters. The minimum atomic E-state index is -0.256. The van der Waals surface area contributed by atoms with Crippen LogP contribution in [0.4, 0.5) is 9.52 Å². The molecule has 1 heterocycles. The van der Waals surface area contributed by atoms with E-state index < -0.39 is 0 Å². The number of amides is 1. The summed E-state index contributed by atoms with van der Waals surface area (Å²) < 4.78 is 19.0. The summed E-state index contributed by atoms with van der Waals surface area (Å²) in [5.41, 5.74) is 1.51. The summed E-state index contributed by atoms with van der Waals surface area (Å²) in [6, 6.07) is 13.2. The zero-order valence-corrected chi connectivity index (χ0v) is 15.6. The van der Waals surface area contributed by atoms with Crippen molar-refractivity contribution >= 4 is 34.1 Å². The molecule has 2 aromatic carbocycles. The number of carbonyl (C=O) groups excluding carboxylic acids is 1. The summed E-state index contributed by atoms with van der Waals surface area (Å²) in [5, 5.41) is 11.2. The molecule has 26 heavy (non-hydrogen) atoms. The molecule has 0 aliphatic carbocycles. The first kappa shape index (κ1) is 18.3. The molecule has 1 aromatic heterocycles. The van der Waals surface area contributed by atoms with Crippen molar-refractivity contribution < 1.29 is 13.9 Å². The van der Waals surface area contributed by atoms with Gasteiger partial charge in [-0.15, -0.1) is 10.2 Å². The van der Waals surface area contributed by atoms with E-state index >= 15 is 0 Å². The fourth-order valence-corrected chi connectivity index (χ4v) is 3.79. The Morgan fingerprint density at radius 2 is 1.88 bits per heavy atom. The zero-order chi connectivity index (χ0) is 18.4. The van der Waals surface area contributed by atoms with Crippen LogP contribution < -0.4 is 10.1 Å². The minimum Gasteiger partial charge on any atom is -0.494 e. The van der Waals surface area contributed by atoms with Gasteiger partial charge in [0.25, 0.3) is 5.91 Å². The van der Waals surface area contributed by atoms with Crippen molar-refractivity contribution in [1.29, 1.82) is 0 Å². The van der Waals surface area contributed by atoms with Crippen LogP contribution in [0.15, 0.2) is 52.9 Å². The van der Waals surface area contributed by atoms with E-state index in [0.29, 0.717) is 23.1 Å². The van der Waals surface area contributed by atoms with Crippen LogP contribution in [-0.2, 0) is 5.75 Å². The molecule has 5 nitrogen and oxygen atoms in total. The van der Waals surface area contributed by atoms with E-state index in [1.165, 1.54) is 35.2 Å². The van der Waals surface area contributed by atoms with Gasteiger partial charge < -0.3 is 4.74 Å². The third-order valence-corrected chi connectivity index (χ3v) is 5.37. The molecule has 0 aliphatic rings. The number of rotatable bonds is 7. The van der Waals surface area contributed by atoms with E-state index in [2.05, 4.69) is 15.5 Å². The van der Waals surface area contributed by atoms with E-state index in [9.17, 15) is 9.18 Å². The van der Waals surface area contributed by atoms with E-state index in [1.807, 2.05) is 6.92 Å². The minimum absolute atomic E-state index is 0.251. The van der Waals surface area contributed by atoms with Crippen molar-refractivity contribution in [2.75, 3.05) is 11.9 Å². The highest BCUT2D eigenvalue weighted by Gasteiger charge is 2.11. The molecule has 0 aliphatic heterocycles. The van der Waals surface area contributed by atoms with Crippen LogP contribution >= 0.6 is 23.1 Å². The van der Waals surface area contributed by atoms with Crippen molar-refractivity contribution in [3.8, 4) is 5.75 Å². The summed E-state index contributed by atoms with van der Waals surface area (Å²) in [6.45, 7) is 2.48. The molecular formula is C18H16FN3O2S2. The number of benzene rings is 2. The molecule has 0 bridgehead atoms. The van der Waals surface area contributed by atoms with E-state index in [4.69, 9.17) is 4.74 Å². The van der Waals surface area contributed by atoms with Gasteiger partial charge in [0.15, 0.2) is 4.34 Å². The lowest BCUT2D eigenvalue weighted by molar-refractivity contribution is 0.102. The topological polar surface area (TPSA) is 64.1 Å². The summed E-state index contributed by atoms with van der Waals surface area (Å²) in [6.07, 6.45) is 0. The predicted octanol–water partition coefficient (Wildman–Crippen LogP) is 4.62. The number of carbonyl (C=O) groups is 1. The highest BCUT2D eigenvalue weighted by atomic mass is 32.2. The smallest absolute Gasteiger partial charge is 0.257 e. The van der Waals surface area contributed by atoms with Crippen molar-refractivity contribution in [3.63, 3.8) is 0 Å². The fourth-order valence-electron chi connectivity index (χ4n) is 2.08. The largest absolute Gasteiger partial charge is 0.494 e. The third-order valence-electron chi connectivity index (χ3n) is 3.33. The molecule has 0 radical (unpaired) electrons. The number of hydrogen-bond acceptors (Lipinski definition) is 6. The van der Waals surface area contributed by atoms with Gasteiger partial charge in [0.05, 0.1) is 6.61 Å². The molecule has 0 spiro atoms. The monoisotopic (exact) mass is 389 g/mol. The van der Waals surface area contributed by atoms with Gasteiger partial charge in [-0.25, -0.2) is 4.39 Å². The van der Waals surface area contributed by atoms with Crippen molar-refractivity contribution in [2.45, 2.75) is 17.0 Å². The lowest BCUT2D eigenvalue weighted by Crippen LogP contribution is -2.11. The van der Waals surface area contributed by atoms with Crippen LogP contribution in [0.25, 0.3) is 0 Å². The first-order valence-corrected chi connectivity index (χ1v) is 9.69. The average molecular weight is 389 g/mol. The summed E-state index contributed by atoms with van der Waals surface area (Å²) >= 11 is 2.78. The van der Waals surface area contributed by atoms with Crippen molar-refractivity contribution in [1.82, 2.24) is 10.2 Å². The average Bonchev–Trinajstić information content (AvgIpc) is 3.09. The Labute approximate surface area is 158 Å². The van der Waals surface area contributed by atoms with Crippen LogP contribution in [0.1, 0.15) is 22.8 Å². The molecule has 0 fully saturated rings. The van der Waals surface area contributed by atoms with E-state index in [-0.39, 0.29) is 11.7 Å². The standard InChI is InChI=1S/C18H16FN3O2S2/c1-2-24-15-9-5-13(6-10-15)16(23)20-17-21-22-18(26-17)25-11-12-3-7-14(19)8-4-12/h3-10H,2,11H2,1H3,(H,20,21,23). The maximum Gasteiger partial charge on any atom is 0.257 e. The van der Waals surface area contributed by atoms with Gasteiger partial charge in [-0.05, 0) is 48.9 Å². The number of ether oxygens (including phenoxy) is 1. The maximum absolute atomic E-state index is 12.9. The molecule has 0 saturated carbocycles. The summed E-state index contributed by atoms with van der Waals surface area (Å²) in [5.74, 6) is 0.870. The normalized spacial score (nSPS) is 10.5. The van der Waals surface area contributed by atoms with Gasteiger partial charge in [0.2, 0.25) is 5.13 Å². The van der Waals surface area contributed by atoms with Gasteiger partial charge in [-0.1, -0.05) is 35.2 Å². The molecule has 8 heteroatoms. The molecule has 3 aromatic rings. The van der Waals surface area contributed by atoms with Gasteiger partial charge in [-0.2, -0.15) is 0 Å². The maximum atomic E-state index is 12.9. The number of nitrogens with zero attached hydrogens (tertiary/aromatic N) is 2. The SMILES string of the molecule is CCOc1ccc(C(=O)Nc2nnc(SCc3ccc(F)cc3)s2)cc1. The number of hydrogen-bond donors (Lipinski definition) is 1. The summed E-state index contributed by atoms with van der Waals surface area (Å²) in [7, 11) is 0. The lowest BCUT2D eigenvalue weighted by Gasteiger charge is -2.04. The zero-order valence-electron chi connectivity index (χ0n) is 13.9. The van der Waals surface area contributed by atoms with E-state index in [0.717, 1.165) is 15.7 Å². The summed E-state index contributed by atoms with van der Waals surface area (Å²) in [4.78, 5) is 12.2. The van der Waals surface area contributed by atoms with Crippen LogP contribution in [0, 0.1) is 5.82 Å². The quantitative estimate of drug-likeness (QED) is 0.472. The first-order valence-electron chi connectivity index (χ1n) is 7.89. The number of halogens is 1. The van der Waals surface area contributed by atoms with Gasteiger partial charge in [0, 0.05) is 11.3 Å². The second kappa shape index (κ2) is 8.77.